The van der Waals surface area contributed by atoms with Crippen molar-refractivity contribution in [2.24, 2.45) is 5.92 Å². The molecule has 0 aromatic heterocycles. The zero-order valence-electron chi connectivity index (χ0n) is 11.2. The van der Waals surface area contributed by atoms with Gasteiger partial charge in [0.25, 0.3) is 0 Å². The van der Waals surface area contributed by atoms with E-state index in [0.29, 0.717) is 12.5 Å². The number of ether oxygens (including phenoxy) is 2. The van der Waals surface area contributed by atoms with Crippen LogP contribution in [0.15, 0.2) is 18.2 Å². The lowest BCUT2D eigenvalue weighted by Gasteiger charge is -2.15. The zero-order chi connectivity index (χ0) is 12.7. The Kier molecular flexibility index (Phi) is 5.84. The SMILES string of the molecule is CCOc1ccc(NCC(C)COC)c(C)c1. The van der Waals surface area contributed by atoms with Gasteiger partial charge in [-0.2, -0.15) is 0 Å². The molecule has 1 aromatic carbocycles. The van der Waals surface area contributed by atoms with E-state index < -0.39 is 0 Å². The summed E-state index contributed by atoms with van der Waals surface area (Å²) in [6, 6.07) is 6.13. The van der Waals surface area contributed by atoms with Crippen LogP contribution in [0.3, 0.4) is 0 Å². The highest BCUT2D eigenvalue weighted by Gasteiger charge is 2.04. The Hall–Kier alpha value is -1.22. The van der Waals surface area contributed by atoms with Crippen molar-refractivity contribution in [1.29, 1.82) is 0 Å². The van der Waals surface area contributed by atoms with Crippen LogP contribution in [0, 0.1) is 12.8 Å². The maximum Gasteiger partial charge on any atom is 0.119 e. The number of benzene rings is 1. The Morgan fingerprint density at radius 3 is 2.71 bits per heavy atom. The van der Waals surface area contributed by atoms with E-state index in [0.717, 1.165) is 24.6 Å². The van der Waals surface area contributed by atoms with Crippen LogP contribution in [-0.2, 0) is 4.74 Å². The number of hydrogen-bond donors (Lipinski definition) is 1. The first-order valence-corrected chi connectivity index (χ1v) is 6.13. The highest BCUT2D eigenvalue weighted by Crippen LogP contribution is 2.21. The van der Waals surface area contributed by atoms with Crippen molar-refractivity contribution in [2.75, 3.05) is 32.2 Å². The fourth-order valence-electron chi connectivity index (χ4n) is 1.72. The van der Waals surface area contributed by atoms with Crippen LogP contribution in [-0.4, -0.2) is 26.9 Å². The zero-order valence-corrected chi connectivity index (χ0v) is 11.2. The van der Waals surface area contributed by atoms with Gasteiger partial charge in [0, 0.05) is 19.3 Å². The van der Waals surface area contributed by atoms with Crippen molar-refractivity contribution < 1.29 is 9.47 Å². The smallest absolute Gasteiger partial charge is 0.119 e. The Balaban J connectivity index is 2.54. The third-order valence-electron chi connectivity index (χ3n) is 2.60. The molecule has 0 heterocycles. The third-order valence-corrected chi connectivity index (χ3v) is 2.60. The molecule has 96 valence electrons. The Morgan fingerprint density at radius 1 is 1.35 bits per heavy atom. The lowest BCUT2D eigenvalue weighted by atomic mass is 10.1. The quantitative estimate of drug-likeness (QED) is 0.790. The van der Waals surface area contributed by atoms with Gasteiger partial charge in [0.2, 0.25) is 0 Å². The van der Waals surface area contributed by atoms with Crippen LogP contribution in [0.4, 0.5) is 5.69 Å². The molecule has 0 amide bonds. The predicted octanol–water partition coefficient (Wildman–Crippen LogP) is 3.09. The summed E-state index contributed by atoms with van der Waals surface area (Å²) >= 11 is 0. The van der Waals surface area contributed by atoms with Crippen LogP contribution >= 0.6 is 0 Å². The fraction of sp³-hybridized carbons (Fsp3) is 0.571. The van der Waals surface area contributed by atoms with E-state index in [9.17, 15) is 0 Å². The van der Waals surface area contributed by atoms with Crippen molar-refractivity contribution in [3.63, 3.8) is 0 Å². The summed E-state index contributed by atoms with van der Waals surface area (Å²) in [6.45, 7) is 8.66. The van der Waals surface area contributed by atoms with Gasteiger partial charge in [0.05, 0.1) is 13.2 Å². The Labute approximate surface area is 104 Å². The van der Waals surface area contributed by atoms with Gasteiger partial charge in [0.1, 0.15) is 5.75 Å². The van der Waals surface area contributed by atoms with E-state index in [4.69, 9.17) is 9.47 Å². The van der Waals surface area contributed by atoms with Gasteiger partial charge in [-0.1, -0.05) is 6.92 Å². The van der Waals surface area contributed by atoms with Crippen LogP contribution in [0.1, 0.15) is 19.4 Å². The fourth-order valence-corrected chi connectivity index (χ4v) is 1.72. The van der Waals surface area contributed by atoms with E-state index in [1.54, 1.807) is 7.11 Å². The summed E-state index contributed by atoms with van der Waals surface area (Å²) in [6.07, 6.45) is 0. The minimum Gasteiger partial charge on any atom is -0.494 e. The van der Waals surface area contributed by atoms with Gasteiger partial charge in [-0.3, -0.25) is 0 Å². The summed E-state index contributed by atoms with van der Waals surface area (Å²) in [5.41, 5.74) is 2.37. The van der Waals surface area contributed by atoms with Crippen LogP contribution in [0.25, 0.3) is 0 Å². The third kappa shape index (κ3) is 4.65. The molecule has 1 N–H and O–H groups in total. The van der Waals surface area contributed by atoms with Gasteiger partial charge in [-0.15, -0.1) is 0 Å². The number of nitrogens with one attached hydrogen (secondary N) is 1. The molecule has 1 rings (SSSR count). The van der Waals surface area contributed by atoms with Gasteiger partial charge >= 0.3 is 0 Å². The largest absolute Gasteiger partial charge is 0.494 e. The summed E-state index contributed by atoms with van der Waals surface area (Å²) in [5.74, 6) is 1.44. The molecule has 1 aromatic rings. The van der Waals surface area contributed by atoms with Crippen molar-refractivity contribution in [3.05, 3.63) is 23.8 Å². The van der Waals surface area contributed by atoms with E-state index in [1.807, 2.05) is 13.0 Å². The molecule has 0 aliphatic carbocycles. The minimum atomic E-state index is 0.506. The van der Waals surface area contributed by atoms with Crippen molar-refractivity contribution >= 4 is 5.69 Å². The molecule has 0 aliphatic rings. The lowest BCUT2D eigenvalue weighted by molar-refractivity contribution is 0.164. The number of methoxy groups -OCH3 is 1. The van der Waals surface area contributed by atoms with Gasteiger partial charge in [0.15, 0.2) is 0 Å². The molecule has 1 atom stereocenters. The second-order valence-electron chi connectivity index (χ2n) is 4.35. The maximum absolute atomic E-state index is 5.46. The standard InChI is InChI=1S/C14H23NO2/c1-5-17-13-6-7-14(12(3)8-13)15-9-11(2)10-16-4/h6-8,11,15H,5,9-10H2,1-4H3. The second-order valence-corrected chi connectivity index (χ2v) is 4.35. The molecule has 3 nitrogen and oxygen atoms in total. The van der Waals surface area contributed by atoms with Crippen LogP contribution in [0.2, 0.25) is 0 Å². The first-order chi connectivity index (χ1) is 8.17. The predicted molar refractivity (Wildman–Crippen MR) is 71.9 cm³/mol. The van der Waals surface area contributed by atoms with E-state index in [1.165, 1.54) is 5.56 Å². The molecule has 17 heavy (non-hydrogen) atoms. The maximum atomic E-state index is 5.46. The molecular formula is C14H23NO2. The molecule has 1 unspecified atom stereocenters. The monoisotopic (exact) mass is 237 g/mol. The number of hydrogen-bond acceptors (Lipinski definition) is 3. The van der Waals surface area contributed by atoms with Crippen molar-refractivity contribution in [3.8, 4) is 5.75 Å². The van der Waals surface area contributed by atoms with E-state index in [2.05, 4.69) is 31.3 Å². The normalized spacial score (nSPS) is 12.2. The second kappa shape index (κ2) is 7.17. The summed E-state index contributed by atoms with van der Waals surface area (Å²) in [7, 11) is 1.73. The van der Waals surface area contributed by atoms with Gasteiger partial charge in [-0.25, -0.2) is 0 Å². The average Bonchev–Trinajstić information content (AvgIpc) is 2.29. The highest BCUT2D eigenvalue weighted by molar-refractivity contribution is 5.53. The first-order valence-electron chi connectivity index (χ1n) is 6.13. The number of rotatable bonds is 7. The molecule has 0 fully saturated rings. The molecule has 0 saturated heterocycles. The number of anilines is 1. The van der Waals surface area contributed by atoms with E-state index >= 15 is 0 Å². The molecular weight excluding hydrogens is 214 g/mol. The highest BCUT2D eigenvalue weighted by atomic mass is 16.5. The Morgan fingerprint density at radius 2 is 2.12 bits per heavy atom. The molecule has 0 radical (unpaired) electrons. The summed E-state index contributed by atoms with van der Waals surface area (Å²) in [5, 5.41) is 3.43. The van der Waals surface area contributed by atoms with Crippen LogP contribution < -0.4 is 10.1 Å². The van der Waals surface area contributed by atoms with Crippen molar-refractivity contribution in [1.82, 2.24) is 0 Å². The van der Waals surface area contributed by atoms with E-state index in [-0.39, 0.29) is 0 Å². The van der Waals surface area contributed by atoms with Crippen molar-refractivity contribution in [2.45, 2.75) is 20.8 Å². The van der Waals surface area contributed by atoms with Crippen LogP contribution in [0.5, 0.6) is 5.75 Å². The van der Waals surface area contributed by atoms with Gasteiger partial charge in [-0.05, 0) is 43.5 Å². The molecule has 0 spiro atoms. The molecule has 0 aliphatic heterocycles. The summed E-state index contributed by atoms with van der Waals surface area (Å²) in [4.78, 5) is 0. The Bertz CT molecular complexity index is 339. The molecule has 0 saturated carbocycles. The topological polar surface area (TPSA) is 30.5 Å². The summed E-state index contributed by atoms with van der Waals surface area (Å²) < 4.78 is 10.6. The lowest BCUT2D eigenvalue weighted by Crippen LogP contribution is -2.16. The molecule has 3 heteroatoms. The average molecular weight is 237 g/mol. The minimum absolute atomic E-state index is 0.506. The first kappa shape index (κ1) is 13.8. The number of aryl methyl sites for hydroxylation is 1. The van der Waals surface area contributed by atoms with Gasteiger partial charge < -0.3 is 14.8 Å². The molecule has 0 bridgehead atoms.